The Kier molecular flexibility index (Phi) is 5.31. The van der Waals surface area contributed by atoms with Gasteiger partial charge in [0.25, 0.3) is 0 Å². The van der Waals surface area contributed by atoms with Gasteiger partial charge < -0.3 is 20.1 Å². The maximum Gasteiger partial charge on any atom is 0.153 e. The lowest BCUT2D eigenvalue weighted by molar-refractivity contribution is 0.0759. The molecule has 3 N–H and O–H groups in total. The summed E-state index contributed by atoms with van der Waals surface area (Å²) in [4.78, 5) is 0. The molecular weight excluding hydrogens is 266 g/mol. The van der Waals surface area contributed by atoms with Gasteiger partial charge in [0.2, 0.25) is 0 Å². The lowest BCUT2D eigenvalue weighted by Gasteiger charge is -2.36. The van der Waals surface area contributed by atoms with Crippen molar-refractivity contribution in [2.24, 2.45) is 5.92 Å². The van der Waals surface area contributed by atoms with Crippen molar-refractivity contribution in [2.45, 2.75) is 45.6 Å². The third-order valence-electron chi connectivity index (χ3n) is 3.98. The number of rotatable bonds is 5. The van der Waals surface area contributed by atoms with Crippen LogP contribution in [0.3, 0.4) is 0 Å². The van der Waals surface area contributed by atoms with Gasteiger partial charge in [0.1, 0.15) is 11.9 Å². The zero-order valence-electron chi connectivity index (χ0n) is 13.6. The van der Waals surface area contributed by atoms with Gasteiger partial charge in [-0.2, -0.15) is 0 Å². The van der Waals surface area contributed by atoms with Gasteiger partial charge >= 0.3 is 0 Å². The van der Waals surface area contributed by atoms with Gasteiger partial charge in [0.05, 0.1) is 12.8 Å². The SMILES string of the molecule is COC1=C(NC2NC=C(C)C(C(C)C)N2)C=CCC1OC. The third-order valence-corrected chi connectivity index (χ3v) is 3.98. The Morgan fingerprint density at radius 3 is 2.71 bits per heavy atom. The molecule has 0 saturated heterocycles. The molecule has 0 aromatic rings. The van der Waals surface area contributed by atoms with Gasteiger partial charge in [-0.25, -0.2) is 0 Å². The molecule has 0 amide bonds. The third kappa shape index (κ3) is 3.60. The minimum absolute atomic E-state index is 0.0238. The largest absolute Gasteiger partial charge is 0.496 e. The molecule has 5 heteroatoms. The van der Waals surface area contributed by atoms with E-state index < -0.39 is 0 Å². The van der Waals surface area contributed by atoms with Crippen molar-refractivity contribution < 1.29 is 9.47 Å². The molecule has 2 aliphatic rings. The first-order valence-electron chi connectivity index (χ1n) is 7.49. The first kappa shape index (κ1) is 15.9. The standard InChI is InChI=1S/C16H27N3O2/c1-10(2)14-11(3)9-17-16(19-14)18-12-7-6-8-13(20-4)15(12)21-5/h6-7,9-10,13-14,16-19H,8H2,1-5H3. The van der Waals surface area contributed by atoms with Crippen LogP contribution in [-0.4, -0.2) is 32.7 Å². The summed E-state index contributed by atoms with van der Waals surface area (Å²) in [6, 6.07) is 0.362. The summed E-state index contributed by atoms with van der Waals surface area (Å²) >= 11 is 0. The minimum Gasteiger partial charge on any atom is -0.496 e. The molecule has 0 aromatic carbocycles. The van der Waals surface area contributed by atoms with Gasteiger partial charge in [-0.15, -0.1) is 0 Å². The van der Waals surface area contributed by atoms with Gasteiger partial charge in [-0.05, 0) is 37.1 Å². The Balaban J connectivity index is 2.10. The smallest absolute Gasteiger partial charge is 0.153 e. The molecular formula is C16H27N3O2. The molecule has 2 rings (SSSR count). The van der Waals surface area contributed by atoms with Gasteiger partial charge in [0.15, 0.2) is 6.29 Å². The van der Waals surface area contributed by atoms with Gasteiger partial charge in [0, 0.05) is 13.2 Å². The predicted octanol–water partition coefficient (Wildman–Crippen LogP) is 1.81. The molecule has 1 aliphatic carbocycles. The van der Waals surface area contributed by atoms with Crippen LogP contribution in [0, 0.1) is 5.92 Å². The van der Waals surface area contributed by atoms with Crippen molar-refractivity contribution in [1.82, 2.24) is 16.0 Å². The van der Waals surface area contributed by atoms with E-state index in [0.29, 0.717) is 12.0 Å². The average molecular weight is 293 g/mol. The van der Waals surface area contributed by atoms with E-state index in [1.54, 1.807) is 14.2 Å². The first-order valence-corrected chi connectivity index (χ1v) is 7.49. The molecule has 0 radical (unpaired) electrons. The topological polar surface area (TPSA) is 54.5 Å². The van der Waals surface area contributed by atoms with Crippen LogP contribution in [0.25, 0.3) is 0 Å². The Labute approximate surface area is 127 Å². The predicted molar refractivity (Wildman–Crippen MR) is 84.2 cm³/mol. The second kappa shape index (κ2) is 7.00. The highest BCUT2D eigenvalue weighted by Gasteiger charge is 2.26. The number of hydrogen-bond acceptors (Lipinski definition) is 5. The number of allylic oxidation sites excluding steroid dienone is 1. The van der Waals surface area contributed by atoms with Crippen molar-refractivity contribution in [3.05, 3.63) is 35.4 Å². The highest BCUT2D eigenvalue weighted by Crippen LogP contribution is 2.22. The second-order valence-corrected chi connectivity index (χ2v) is 5.87. The van der Waals surface area contributed by atoms with Crippen LogP contribution in [0.4, 0.5) is 0 Å². The van der Waals surface area contributed by atoms with Crippen LogP contribution >= 0.6 is 0 Å². The summed E-state index contributed by atoms with van der Waals surface area (Å²) in [5.74, 6) is 1.38. The monoisotopic (exact) mass is 293 g/mol. The van der Waals surface area contributed by atoms with E-state index in [0.717, 1.165) is 17.9 Å². The van der Waals surface area contributed by atoms with Crippen molar-refractivity contribution in [3.63, 3.8) is 0 Å². The fraction of sp³-hybridized carbons (Fsp3) is 0.625. The van der Waals surface area contributed by atoms with Crippen LogP contribution in [0.15, 0.2) is 35.4 Å². The molecule has 0 saturated carbocycles. The van der Waals surface area contributed by atoms with Crippen LogP contribution < -0.4 is 16.0 Å². The lowest BCUT2D eigenvalue weighted by Crippen LogP contribution is -2.58. The van der Waals surface area contributed by atoms with Gasteiger partial charge in [-0.3, -0.25) is 5.32 Å². The number of nitrogens with one attached hydrogen (secondary N) is 3. The summed E-state index contributed by atoms with van der Waals surface area (Å²) in [5, 5.41) is 10.4. The minimum atomic E-state index is -0.0264. The van der Waals surface area contributed by atoms with E-state index in [2.05, 4.69) is 49.0 Å². The molecule has 0 spiro atoms. The van der Waals surface area contributed by atoms with E-state index in [4.69, 9.17) is 9.47 Å². The summed E-state index contributed by atoms with van der Waals surface area (Å²) in [6.07, 6.45) is 7.01. The number of methoxy groups -OCH3 is 2. The van der Waals surface area contributed by atoms with Crippen molar-refractivity contribution in [1.29, 1.82) is 0 Å². The van der Waals surface area contributed by atoms with Gasteiger partial charge in [-0.1, -0.05) is 19.9 Å². The van der Waals surface area contributed by atoms with Crippen LogP contribution in [0.2, 0.25) is 0 Å². The Hall–Kier alpha value is -1.46. The van der Waals surface area contributed by atoms with E-state index in [1.165, 1.54) is 5.57 Å². The fourth-order valence-corrected chi connectivity index (χ4v) is 2.86. The maximum absolute atomic E-state index is 5.51. The Morgan fingerprint density at radius 1 is 1.33 bits per heavy atom. The van der Waals surface area contributed by atoms with Crippen LogP contribution in [0.1, 0.15) is 27.2 Å². The summed E-state index contributed by atoms with van der Waals surface area (Å²) in [6.45, 7) is 6.58. The molecule has 0 aromatic heterocycles. The van der Waals surface area contributed by atoms with Crippen LogP contribution in [-0.2, 0) is 9.47 Å². The van der Waals surface area contributed by atoms with Crippen molar-refractivity contribution >= 4 is 0 Å². The Bertz CT molecular complexity index is 454. The first-order chi connectivity index (χ1) is 10.1. The molecule has 1 aliphatic heterocycles. The normalized spacial score (nSPS) is 29.2. The molecule has 1 heterocycles. The zero-order valence-corrected chi connectivity index (χ0v) is 13.6. The zero-order chi connectivity index (χ0) is 15.4. The molecule has 21 heavy (non-hydrogen) atoms. The summed E-state index contributed by atoms with van der Waals surface area (Å²) < 4.78 is 11.0. The maximum atomic E-state index is 5.51. The molecule has 3 atom stereocenters. The summed E-state index contributed by atoms with van der Waals surface area (Å²) in [5.41, 5.74) is 2.27. The second-order valence-electron chi connectivity index (χ2n) is 5.87. The fourth-order valence-electron chi connectivity index (χ4n) is 2.86. The average Bonchev–Trinajstić information content (AvgIpc) is 2.48. The summed E-state index contributed by atoms with van der Waals surface area (Å²) in [7, 11) is 3.39. The van der Waals surface area contributed by atoms with E-state index in [1.807, 2.05) is 6.08 Å². The van der Waals surface area contributed by atoms with Crippen LogP contribution in [0.5, 0.6) is 0 Å². The molecule has 118 valence electrons. The Morgan fingerprint density at radius 2 is 2.10 bits per heavy atom. The molecule has 3 unspecified atom stereocenters. The molecule has 0 fully saturated rings. The quantitative estimate of drug-likeness (QED) is 0.722. The van der Waals surface area contributed by atoms with Crippen molar-refractivity contribution in [3.8, 4) is 0 Å². The molecule has 0 bridgehead atoms. The highest BCUT2D eigenvalue weighted by atomic mass is 16.5. The number of hydrogen-bond donors (Lipinski definition) is 3. The highest BCUT2D eigenvalue weighted by molar-refractivity contribution is 5.29. The lowest BCUT2D eigenvalue weighted by atomic mass is 9.96. The van der Waals surface area contributed by atoms with E-state index >= 15 is 0 Å². The van der Waals surface area contributed by atoms with E-state index in [9.17, 15) is 0 Å². The number of ether oxygens (including phenoxy) is 2. The van der Waals surface area contributed by atoms with Crippen molar-refractivity contribution in [2.75, 3.05) is 14.2 Å². The van der Waals surface area contributed by atoms with E-state index in [-0.39, 0.29) is 12.4 Å². The molecule has 5 nitrogen and oxygen atoms in total.